The van der Waals surface area contributed by atoms with Crippen LogP contribution in [0.15, 0.2) is 16.9 Å². The Kier molecular flexibility index (Phi) is 4.82. The first-order valence-corrected chi connectivity index (χ1v) is 5.49. The molecule has 0 aliphatic rings. The summed E-state index contributed by atoms with van der Waals surface area (Å²) in [5.74, 6) is 0.750. The minimum Gasteiger partial charge on any atom is -0.340 e. The van der Waals surface area contributed by atoms with Crippen LogP contribution < -0.4 is 10.6 Å². The first kappa shape index (κ1) is 11.4. The molecule has 1 heterocycles. The van der Waals surface area contributed by atoms with E-state index in [-0.39, 0.29) is 0 Å². The molecule has 0 aliphatic heterocycles. The quantitative estimate of drug-likeness (QED) is 0.868. The largest absolute Gasteiger partial charge is 0.340 e. The molecule has 2 N–H and O–H groups in total. The summed E-state index contributed by atoms with van der Waals surface area (Å²) in [4.78, 5) is 10.5. The minimum absolute atomic E-state index is 0.624. The Morgan fingerprint density at radius 1 is 1.36 bits per heavy atom. The third kappa shape index (κ3) is 3.23. The van der Waals surface area contributed by atoms with Crippen LogP contribution in [-0.2, 0) is 0 Å². The Bertz CT molecular complexity index is 256. The number of nitrogens with zero attached hydrogens (tertiary/aromatic N) is 3. The smallest absolute Gasteiger partial charge is 0.225 e. The highest BCUT2D eigenvalue weighted by Crippen LogP contribution is 2.10. The molecule has 0 saturated carbocycles. The van der Waals surface area contributed by atoms with Crippen LogP contribution in [0, 0.1) is 0 Å². The van der Waals surface area contributed by atoms with E-state index in [1.165, 1.54) is 0 Å². The highest BCUT2D eigenvalue weighted by atomic mass is 79.9. The zero-order valence-electron chi connectivity index (χ0n) is 8.28. The van der Waals surface area contributed by atoms with Gasteiger partial charge in [-0.3, -0.25) is 0 Å². The summed E-state index contributed by atoms with van der Waals surface area (Å²) in [5, 5.41) is 0. The van der Waals surface area contributed by atoms with Gasteiger partial charge in [0.05, 0.1) is 4.47 Å². The summed E-state index contributed by atoms with van der Waals surface area (Å²) in [7, 11) is 0. The van der Waals surface area contributed by atoms with Crippen LogP contribution in [0.1, 0.15) is 13.3 Å². The van der Waals surface area contributed by atoms with Crippen molar-refractivity contribution in [2.24, 2.45) is 5.73 Å². The maximum atomic E-state index is 5.52. The van der Waals surface area contributed by atoms with Crippen LogP contribution in [-0.4, -0.2) is 29.6 Å². The van der Waals surface area contributed by atoms with Crippen molar-refractivity contribution in [1.82, 2.24) is 9.97 Å². The first-order valence-electron chi connectivity index (χ1n) is 4.70. The molecule has 1 aromatic heterocycles. The molecule has 0 bridgehead atoms. The lowest BCUT2D eigenvalue weighted by Crippen LogP contribution is -2.31. The van der Waals surface area contributed by atoms with Gasteiger partial charge in [-0.15, -0.1) is 0 Å². The van der Waals surface area contributed by atoms with Crippen LogP contribution >= 0.6 is 15.9 Å². The van der Waals surface area contributed by atoms with E-state index in [1.54, 1.807) is 12.4 Å². The molecule has 0 atom stereocenters. The Morgan fingerprint density at radius 3 is 2.50 bits per heavy atom. The van der Waals surface area contributed by atoms with E-state index < -0.39 is 0 Å². The first-order chi connectivity index (χ1) is 6.77. The van der Waals surface area contributed by atoms with Crippen molar-refractivity contribution < 1.29 is 0 Å². The van der Waals surface area contributed by atoms with Gasteiger partial charge >= 0.3 is 0 Å². The molecule has 0 spiro atoms. The molecule has 1 rings (SSSR count). The lowest BCUT2D eigenvalue weighted by Gasteiger charge is -2.20. The highest BCUT2D eigenvalue weighted by Gasteiger charge is 2.06. The molecule has 78 valence electrons. The number of halogens is 1. The molecule has 0 amide bonds. The molecule has 0 saturated heterocycles. The molecule has 0 radical (unpaired) electrons. The van der Waals surface area contributed by atoms with Gasteiger partial charge in [0.1, 0.15) is 0 Å². The van der Waals surface area contributed by atoms with E-state index in [1.807, 2.05) is 0 Å². The summed E-state index contributed by atoms with van der Waals surface area (Å²) < 4.78 is 0.894. The van der Waals surface area contributed by atoms with E-state index in [9.17, 15) is 0 Å². The van der Waals surface area contributed by atoms with Gasteiger partial charge in [0.25, 0.3) is 0 Å². The lowest BCUT2D eigenvalue weighted by molar-refractivity contribution is 0.736. The number of anilines is 1. The van der Waals surface area contributed by atoms with Gasteiger partial charge in [0, 0.05) is 32.0 Å². The van der Waals surface area contributed by atoms with E-state index in [2.05, 4.69) is 37.7 Å². The van der Waals surface area contributed by atoms with Gasteiger partial charge in [-0.2, -0.15) is 0 Å². The van der Waals surface area contributed by atoms with E-state index in [0.717, 1.165) is 29.9 Å². The van der Waals surface area contributed by atoms with Crippen molar-refractivity contribution in [2.75, 3.05) is 24.5 Å². The topological polar surface area (TPSA) is 55.0 Å². The second kappa shape index (κ2) is 5.93. The van der Waals surface area contributed by atoms with Crippen LogP contribution in [0.5, 0.6) is 0 Å². The number of aromatic nitrogens is 2. The lowest BCUT2D eigenvalue weighted by atomic mass is 10.4. The van der Waals surface area contributed by atoms with Crippen LogP contribution in [0.25, 0.3) is 0 Å². The molecule has 0 aliphatic carbocycles. The molecule has 5 heteroatoms. The zero-order chi connectivity index (χ0) is 10.4. The summed E-state index contributed by atoms with van der Waals surface area (Å²) in [5.41, 5.74) is 5.52. The maximum absolute atomic E-state index is 5.52. The predicted molar refractivity (Wildman–Crippen MR) is 61.3 cm³/mol. The van der Waals surface area contributed by atoms with Crippen LogP contribution in [0.4, 0.5) is 5.95 Å². The van der Waals surface area contributed by atoms with Gasteiger partial charge in [-0.25, -0.2) is 9.97 Å². The SMILES string of the molecule is CCCN(CCN)c1ncc(Br)cn1. The number of nitrogens with two attached hydrogens (primary N) is 1. The normalized spacial score (nSPS) is 10.2. The summed E-state index contributed by atoms with van der Waals surface area (Å²) in [6.45, 7) is 4.50. The van der Waals surface area contributed by atoms with Crippen LogP contribution in [0.2, 0.25) is 0 Å². The van der Waals surface area contributed by atoms with Gasteiger partial charge in [-0.05, 0) is 22.4 Å². The van der Waals surface area contributed by atoms with Crippen molar-refractivity contribution >= 4 is 21.9 Å². The molecular formula is C9H15BrN4. The van der Waals surface area contributed by atoms with Crippen molar-refractivity contribution in [3.63, 3.8) is 0 Å². The average Bonchev–Trinajstić information content (AvgIpc) is 2.19. The fourth-order valence-corrected chi connectivity index (χ4v) is 1.41. The van der Waals surface area contributed by atoms with Crippen molar-refractivity contribution in [3.8, 4) is 0 Å². The van der Waals surface area contributed by atoms with Gasteiger partial charge in [0.15, 0.2) is 0 Å². The highest BCUT2D eigenvalue weighted by molar-refractivity contribution is 9.10. The molecule has 0 aromatic carbocycles. The van der Waals surface area contributed by atoms with Crippen molar-refractivity contribution in [1.29, 1.82) is 0 Å². The second-order valence-electron chi connectivity index (χ2n) is 2.98. The minimum atomic E-state index is 0.624. The third-order valence-corrected chi connectivity index (χ3v) is 2.19. The predicted octanol–water partition coefficient (Wildman–Crippen LogP) is 1.41. The van der Waals surface area contributed by atoms with Gasteiger partial charge < -0.3 is 10.6 Å². The number of hydrogen-bond acceptors (Lipinski definition) is 4. The molecule has 14 heavy (non-hydrogen) atoms. The van der Waals surface area contributed by atoms with Gasteiger partial charge in [-0.1, -0.05) is 6.92 Å². The summed E-state index contributed by atoms with van der Waals surface area (Å²) >= 11 is 3.30. The number of hydrogen-bond donors (Lipinski definition) is 1. The van der Waals surface area contributed by atoms with Crippen molar-refractivity contribution in [2.45, 2.75) is 13.3 Å². The fourth-order valence-electron chi connectivity index (χ4n) is 1.21. The average molecular weight is 259 g/mol. The zero-order valence-corrected chi connectivity index (χ0v) is 9.87. The Labute approximate surface area is 92.7 Å². The van der Waals surface area contributed by atoms with E-state index in [0.29, 0.717) is 6.54 Å². The number of rotatable bonds is 5. The second-order valence-corrected chi connectivity index (χ2v) is 3.89. The molecule has 4 nitrogen and oxygen atoms in total. The van der Waals surface area contributed by atoms with Crippen molar-refractivity contribution in [3.05, 3.63) is 16.9 Å². The Morgan fingerprint density at radius 2 is 2.00 bits per heavy atom. The van der Waals surface area contributed by atoms with E-state index in [4.69, 9.17) is 5.73 Å². The maximum Gasteiger partial charge on any atom is 0.225 e. The standard InChI is InChI=1S/C9H15BrN4/c1-2-4-14(5-3-11)9-12-6-8(10)7-13-9/h6-7H,2-5,11H2,1H3. The molecule has 1 aromatic rings. The Hall–Kier alpha value is -0.680. The summed E-state index contributed by atoms with van der Waals surface area (Å²) in [6, 6.07) is 0. The fraction of sp³-hybridized carbons (Fsp3) is 0.556. The third-order valence-electron chi connectivity index (χ3n) is 1.78. The van der Waals surface area contributed by atoms with Crippen LogP contribution in [0.3, 0.4) is 0 Å². The molecule has 0 fully saturated rings. The molecular weight excluding hydrogens is 244 g/mol. The van der Waals surface area contributed by atoms with Gasteiger partial charge in [0.2, 0.25) is 5.95 Å². The Balaban J connectivity index is 2.71. The van der Waals surface area contributed by atoms with E-state index >= 15 is 0 Å². The summed E-state index contributed by atoms with van der Waals surface area (Å²) in [6.07, 6.45) is 4.57. The molecule has 0 unspecified atom stereocenters. The monoisotopic (exact) mass is 258 g/mol.